The van der Waals surface area contributed by atoms with Crippen LogP contribution in [0, 0.1) is 5.41 Å². The molecule has 1 heterocycles. The van der Waals surface area contributed by atoms with Gasteiger partial charge in [-0.15, -0.1) is 11.3 Å². The number of halogens is 4. The maximum atomic E-state index is 12.7. The van der Waals surface area contributed by atoms with Crippen molar-refractivity contribution in [3.8, 4) is 0 Å². The number of thiol groups is 1. The first kappa shape index (κ1) is 18.5. The summed E-state index contributed by atoms with van der Waals surface area (Å²) in [5.41, 5.74) is -1.31. The largest absolute Gasteiger partial charge is 0.432 e. The van der Waals surface area contributed by atoms with Crippen molar-refractivity contribution >= 4 is 50.7 Å². The summed E-state index contributed by atoms with van der Waals surface area (Å²) in [6.45, 7) is 0. The molecule has 1 aromatic carbocycles. The van der Waals surface area contributed by atoms with E-state index in [1.165, 1.54) is 12.1 Å². The zero-order chi connectivity index (χ0) is 17.9. The Bertz CT molecular complexity index is 865. The van der Waals surface area contributed by atoms with E-state index in [4.69, 9.17) is 17.0 Å². The standard InChI is InChI=1S/C14H10ClF3N2O2S2/c15-8-3-1-2-4-9(8)20-10(7-12(19)14(16,17)18)11-5-6-13(23-11)24(21)22/h1-7,19-20,24H/b10-7-,19-12?. The molecule has 10 heteroatoms. The van der Waals surface area contributed by atoms with Gasteiger partial charge < -0.3 is 5.32 Å². The predicted octanol–water partition coefficient (Wildman–Crippen LogP) is 4.41. The van der Waals surface area contributed by atoms with Crippen molar-refractivity contribution in [1.82, 2.24) is 0 Å². The molecule has 0 bridgehead atoms. The van der Waals surface area contributed by atoms with E-state index < -0.39 is 22.6 Å². The molecule has 0 radical (unpaired) electrons. The third kappa shape index (κ3) is 4.59. The summed E-state index contributed by atoms with van der Waals surface area (Å²) in [5.74, 6) is 0. The van der Waals surface area contributed by atoms with E-state index in [9.17, 15) is 21.6 Å². The summed E-state index contributed by atoms with van der Waals surface area (Å²) in [6, 6.07) is 9.03. The highest BCUT2D eigenvalue weighted by Crippen LogP contribution is 2.31. The Hall–Kier alpha value is -1.84. The van der Waals surface area contributed by atoms with Gasteiger partial charge in [0.2, 0.25) is 0 Å². The third-order valence-electron chi connectivity index (χ3n) is 2.77. The predicted molar refractivity (Wildman–Crippen MR) is 89.7 cm³/mol. The Morgan fingerprint density at radius 2 is 1.88 bits per heavy atom. The molecule has 2 N–H and O–H groups in total. The lowest BCUT2D eigenvalue weighted by molar-refractivity contribution is -0.0583. The average Bonchev–Trinajstić information content (AvgIpc) is 2.97. The number of alkyl halides is 3. The lowest BCUT2D eigenvalue weighted by atomic mass is 10.2. The minimum Gasteiger partial charge on any atom is -0.353 e. The maximum absolute atomic E-state index is 12.7. The van der Waals surface area contributed by atoms with E-state index in [1.54, 1.807) is 24.3 Å². The first-order valence-corrected chi connectivity index (χ1v) is 8.69. The number of allylic oxidation sites excluding steroid dienone is 1. The van der Waals surface area contributed by atoms with Gasteiger partial charge in [0.15, 0.2) is 10.7 Å². The summed E-state index contributed by atoms with van der Waals surface area (Å²) in [7, 11) is -2.85. The van der Waals surface area contributed by atoms with Crippen molar-refractivity contribution < 1.29 is 21.6 Å². The van der Waals surface area contributed by atoms with Crippen LogP contribution in [0.4, 0.5) is 18.9 Å². The molecule has 4 nitrogen and oxygen atoms in total. The van der Waals surface area contributed by atoms with Crippen LogP contribution in [0.5, 0.6) is 0 Å². The number of para-hydroxylation sites is 1. The Kier molecular flexibility index (Phi) is 5.68. The molecule has 1 aromatic heterocycles. The zero-order valence-corrected chi connectivity index (χ0v) is 14.2. The van der Waals surface area contributed by atoms with Crippen LogP contribution < -0.4 is 5.32 Å². The van der Waals surface area contributed by atoms with Gasteiger partial charge >= 0.3 is 6.18 Å². The van der Waals surface area contributed by atoms with Crippen LogP contribution in [0.3, 0.4) is 0 Å². The first-order valence-electron chi connectivity index (χ1n) is 6.32. The molecule has 2 aromatic rings. The molecule has 128 valence electrons. The van der Waals surface area contributed by atoms with Gasteiger partial charge in [0, 0.05) is 0 Å². The molecular weight excluding hydrogens is 385 g/mol. The summed E-state index contributed by atoms with van der Waals surface area (Å²) in [4.78, 5) is 0.234. The van der Waals surface area contributed by atoms with Gasteiger partial charge in [0.25, 0.3) is 0 Å². The summed E-state index contributed by atoms with van der Waals surface area (Å²) in [6.07, 6.45) is -4.23. The number of benzene rings is 1. The van der Waals surface area contributed by atoms with E-state index in [0.29, 0.717) is 11.8 Å². The highest BCUT2D eigenvalue weighted by Gasteiger charge is 2.33. The van der Waals surface area contributed by atoms with Crippen LogP contribution in [0.2, 0.25) is 5.02 Å². The van der Waals surface area contributed by atoms with Gasteiger partial charge in [0.1, 0.15) is 9.92 Å². The van der Waals surface area contributed by atoms with Gasteiger partial charge in [-0.25, -0.2) is 8.42 Å². The van der Waals surface area contributed by atoms with Gasteiger partial charge in [-0.1, -0.05) is 23.7 Å². The fourth-order valence-corrected chi connectivity index (χ4v) is 3.36. The summed E-state index contributed by atoms with van der Waals surface area (Å²) >= 11 is 6.77. The van der Waals surface area contributed by atoms with E-state index in [2.05, 4.69) is 5.32 Å². The van der Waals surface area contributed by atoms with Gasteiger partial charge in [-0.3, -0.25) is 5.41 Å². The van der Waals surface area contributed by atoms with Crippen molar-refractivity contribution in [2.45, 2.75) is 10.4 Å². The maximum Gasteiger partial charge on any atom is 0.432 e. The minimum absolute atomic E-state index is 0.00500. The van der Waals surface area contributed by atoms with E-state index in [1.807, 2.05) is 0 Å². The Labute approximate surface area is 146 Å². The van der Waals surface area contributed by atoms with Crippen molar-refractivity contribution in [3.63, 3.8) is 0 Å². The molecule has 0 amide bonds. The van der Waals surface area contributed by atoms with Crippen LogP contribution in [-0.2, 0) is 10.7 Å². The van der Waals surface area contributed by atoms with Gasteiger partial charge in [-0.2, -0.15) is 13.2 Å². The molecule has 24 heavy (non-hydrogen) atoms. The second-order valence-electron chi connectivity index (χ2n) is 4.47. The van der Waals surface area contributed by atoms with E-state index >= 15 is 0 Å². The number of hydrogen-bond donors (Lipinski definition) is 3. The fraction of sp³-hybridized carbons (Fsp3) is 0.0714. The molecule has 0 aliphatic carbocycles. The number of thiophene rings is 1. The Morgan fingerprint density at radius 1 is 1.21 bits per heavy atom. The van der Waals surface area contributed by atoms with Crippen molar-refractivity contribution in [3.05, 3.63) is 52.4 Å². The molecule has 0 aliphatic rings. The van der Waals surface area contributed by atoms with Crippen LogP contribution in [0.15, 0.2) is 46.7 Å². The molecule has 0 saturated heterocycles. The Balaban J connectivity index is 2.46. The molecule has 0 saturated carbocycles. The molecular formula is C14H10ClF3N2O2S2. The molecule has 0 aliphatic heterocycles. The summed E-state index contributed by atoms with van der Waals surface area (Å²) < 4.78 is 60.0. The monoisotopic (exact) mass is 394 g/mol. The van der Waals surface area contributed by atoms with Gasteiger partial charge in [-0.05, 0) is 30.3 Å². The second-order valence-corrected chi connectivity index (χ2v) is 7.26. The van der Waals surface area contributed by atoms with Crippen LogP contribution in [0.1, 0.15) is 4.88 Å². The van der Waals surface area contributed by atoms with Crippen LogP contribution in [-0.4, -0.2) is 20.3 Å². The minimum atomic E-state index is -4.82. The lowest BCUT2D eigenvalue weighted by Crippen LogP contribution is -2.20. The molecule has 0 fully saturated rings. The molecule has 2 rings (SSSR count). The number of anilines is 1. The highest BCUT2D eigenvalue weighted by molar-refractivity contribution is 7.75. The topological polar surface area (TPSA) is 70.0 Å². The van der Waals surface area contributed by atoms with Crippen LogP contribution >= 0.6 is 22.9 Å². The van der Waals surface area contributed by atoms with Crippen LogP contribution in [0.25, 0.3) is 5.70 Å². The van der Waals surface area contributed by atoms with E-state index in [-0.39, 0.29) is 19.8 Å². The van der Waals surface area contributed by atoms with Crippen molar-refractivity contribution in [1.29, 1.82) is 5.41 Å². The van der Waals surface area contributed by atoms with Gasteiger partial charge in [0.05, 0.1) is 21.3 Å². The lowest BCUT2D eigenvalue weighted by Gasteiger charge is -2.12. The van der Waals surface area contributed by atoms with E-state index in [0.717, 1.165) is 11.3 Å². The number of hydrogen-bond acceptors (Lipinski definition) is 5. The number of rotatable bonds is 5. The number of nitrogens with one attached hydrogen (secondary N) is 2. The fourth-order valence-electron chi connectivity index (χ4n) is 1.67. The second kappa shape index (κ2) is 7.37. The first-order chi connectivity index (χ1) is 11.2. The zero-order valence-electron chi connectivity index (χ0n) is 11.7. The molecule has 0 atom stereocenters. The summed E-state index contributed by atoms with van der Waals surface area (Å²) in [5, 5.41) is 10.1. The SMILES string of the molecule is N=C(/C=C(\Nc1ccccc1Cl)c1ccc([SH](=O)=O)s1)C(F)(F)F. The quantitative estimate of drug-likeness (QED) is 0.519. The Morgan fingerprint density at radius 3 is 2.42 bits per heavy atom. The highest BCUT2D eigenvalue weighted by atomic mass is 35.5. The van der Waals surface area contributed by atoms with Crippen molar-refractivity contribution in [2.24, 2.45) is 0 Å². The van der Waals surface area contributed by atoms with Crippen molar-refractivity contribution in [2.75, 3.05) is 5.32 Å². The normalized spacial score (nSPS) is 12.5. The average molecular weight is 395 g/mol. The molecule has 0 spiro atoms. The third-order valence-corrected chi connectivity index (χ3v) is 5.26. The molecule has 0 unspecified atom stereocenters. The smallest absolute Gasteiger partial charge is 0.353 e.